The molecular weight excluding hydrogens is 410 g/mol. The Labute approximate surface area is 188 Å². The highest BCUT2D eigenvalue weighted by Crippen LogP contribution is 2.39. The van der Waals surface area contributed by atoms with Crippen molar-refractivity contribution in [3.63, 3.8) is 0 Å². The third-order valence-corrected chi connectivity index (χ3v) is 7.22. The van der Waals surface area contributed by atoms with Crippen molar-refractivity contribution in [2.45, 2.75) is 0 Å². The van der Waals surface area contributed by atoms with E-state index in [1.165, 1.54) is 26.9 Å². The third kappa shape index (κ3) is 2.69. The summed E-state index contributed by atoms with van der Waals surface area (Å²) in [6, 6.07) is 31.2. The Morgan fingerprint density at radius 1 is 0.688 bits per heavy atom. The van der Waals surface area contributed by atoms with E-state index in [0.29, 0.717) is 11.4 Å². The molecule has 4 heteroatoms. The van der Waals surface area contributed by atoms with Crippen LogP contribution in [0.25, 0.3) is 42.4 Å². The van der Waals surface area contributed by atoms with E-state index in [2.05, 4.69) is 66.0 Å². The highest BCUT2D eigenvalue weighted by Gasteiger charge is 2.18. The summed E-state index contributed by atoms with van der Waals surface area (Å²) in [5, 5.41) is 29.3. The molecule has 32 heavy (non-hydrogen) atoms. The van der Waals surface area contributed by atoms with Crippen LogP contribution in [0.15, 0.2) is 91.0 Å². The first-order chi connectivity index (χ1) is 15.8. The van der Waals surface area contributed by atoms with Gasteiger partial charge in [0.25, 0.3) is 0 Å². The summed E-state index contributed by atoms with van der Waals surface area (Å²) in [6.07, 6.45) is 2.04. The van der Waals surface area contributed by atoms with Crippen LogP contribution in [0.3, 0.4) is 0 Å². The van der Waals surface area contributed by atoms with Crippen LogP contribution in [-0.4, -0.2) is 5.71 Å². The molecule has 0 atom stereocenters. The Bertz CT molecular complexity index is 1700. The molecular formula is C28H17N3S. The van der Waals surface area contributed by atoms with Gasteiger partial charge in [-0.1, -0.05) is 78.9 Å². The number of anilines is 1. The minimum Gasteiger partial charge on any atom is -0.299 e. The first-order valence-electron chi connectivity index (χ1n) is 10.4. The first-order valence-corrected chi connectivity index (χ1v) is 11.2. The Balaban J connectivity index is 1.62. The summed E-state index contributed by atoms with van der Waals surface area (Å²) >= 11 is 1.54. The average molecular weight is 428 g/mol. The van der Waals surface area contributed by atoms with Crippen LogP contribution in [0.1, 0.15) is 10.4 Å². The molecule has 0 spiro atoms. The van der Waals surface area contributed by atoms with Gasteiger partial charge in [0.15, 0.2) is 6.19 Å². The van der Waals surface area contributed by atoms with E-state index in [4.69, 9.17) is 5.41 Å². The zero-order chi connectivity index (χ0) is 21.7. The van der Waals surface area contributed by atoms with Crippen molar-refractivity contribution in [2.24, 2.45) is 0 Å². The maximum Gasteiger partial charge on any atom is 0.181 e. The second kappa shape index (κ2) is 7.19. The predicted octanol–water partition coefficient (Wildman–Crippen LogP) is 7.67. The van der Waals surface area contributed by atoms with Gasteiger partial charge in [0.1, 0.15) is 0 Å². The van der Waals surface area contributed by atoms with Gasteiger partial charge >= 0.3 is 0 Å². The van der Waals surface area contributed by atoms with Gasteiger partial charge in [-0.3, -0.25) is 10.7 Å². The molecule has 2 N–H and O–H groups in total. The Morgan fingerprint density at radius 3 is 1.84 bits per heavy atom. The number of nitriles is 1. The van der Waals surface area contributed by atoms with Crippen molar-refractivity contribution >= 4 is 65.1 Å². The van der Waals surface area contributed by atoms with Gasteiger partial charge in [0.05, 0.1) is 16.3 Å². The van der Waals surface area contributed by atoms with Crippen molar-refractivity contribution in [1.82, 2.24) is 0 Å². The van der Waals surface area contributed by atoms with Gasteiger partial charge in [-0.15, -0.1) is 11.3 Å². The molecule has 0 aliphatic carbocycles. The molecule has 1 aromatic heterocycles. The quantitative estimate of drug-likeness (QED) is 0.132. The molecule has 0 fully saturated rings. The van der Waals surface area contributed by atoms with Crippen LogP contribution in [-0.2, 0) is 0 Å². The fourth-order valence-corrected chi connectivity index (χ4v) is 5.73. The monoisotopic (exact) mass is 427 g/mol. The fourth-order valence-electron chi connectivity index (χ4n) is 4.60. The minimum absolute atomic E-state index is 0.420. The zero-order valence-corrected chi connectivity index (χ0v) is 17.8. The third-order valence-electron chi connectivity index (χ3n) is 6.04. The molecule has 0 aliphatic rings. The van der Waals surface area contributed by atoms with Crippen LogP contribution < -0.4 is 5.32 Å². The van der Waals surface area contributed by atoms with Gasteiger partial charge in [0, 0.05) is 15.6 Å². The van der Waals surface area contributed by atoms with Crippen molar-refractivity contribution in [3.8, 4) is 6.19 Å². The lowest BCUT2D eigenvalue weighted by Crippen LogP contribution is -2.02. The molecule has 0 radical (unpaired) electrons. The predicted molar refractivity (Wildman–Crippen MR) is 136 cm³/mol. The number of fused-ring (bicyclic) bond motifs is 7. The summed E-state index contributed by atoms with van der Waals surface area (Å²) in [5.41, 5.74) is 1.97. The normalized spacial score (nSPS) is 11.2. The highest BCUT2D eigenvalue weighted by atomic mass is 32.1. The summed E-state index contributed by atoms with van der Waals surface area (Å²) in [4.78, 5) is 0.775. The molecule has 0 saturated heterocycles. The van der Waals surface area contributed by atoms with Gasteiger partial charge in [-0.2, -0.15) is 5.26 Å². The largest absolute Gasteiger partial charge is 0.299 e. The van der Waals surface area contributed by atoms with Gasteiger partial charge < -0.3 is 0 Å². The number of benzene rings is 5. The molecule has 0 amide bonds. The Morgan fingerprint density at radius 2 is 1.22 bits per heavy atom. The molecule has 0 unspecified atom stereocenters. The summed E-state index contributed by atoms with van der Waals surface area (Å²) in [7, 11) is 0. The first kappa shape index (κ1) is 18.6. The maximum absolute atomic E-state index is 9.31. The van der Waals surface area contributed by atoms with Gasteiger partial charge in [-0.25, -0.2) is 0 Å². The average Bonchev–Trinajstić information content (AvgIpc) is 3.22. The van der Waals surface area contributed by atoms with Crippen molar-refractivity contribution < 1.29 is 0 Å². The number of hydrogen-bond acceptors (Lipinski definition) is 4. The lowest BCUT2D eigenvalue weighted by molar-refractivity contribution is 1.47. The van der Waals surface area contributed by atoms with E-state index in [1.807, 2.05) is 36.5 Å². The van der Waals surface area contributed by atoms with Crippen LogP contribution in [0.5, 0.6) is 0 Å². The van der Waals surface area contributed by atoms with Crippen LogP contribution in [0.4, 0.5) is 5.69 Å². The second-order valence-corrected chi connectivity index (χ2v) is 8.82. The maximum atomic E-state index is 9.31. The van der Waals surface area contributed by atoms with Crippen LogP contribution in [0.2, 0.25) is 0 Å². The lowest BCUT2D eigenvalue weighted by Gasteiger charge is -2.12. The number of rotatable bonds is 3. The van der Waals surface area contributed by atoms with E-state index < -0.39 is 0 Å². The van der Waals surface area contributed by atoms with Crippen LogP contribution in [0, 0.1) is 16.9 Å². The number of nitrogens with zero attached hydrogens (tertiary/aromatic N) is 1. The molecule has 0 bridgehead atoms. The second-order valence-electron chi connectivity index (χ2n) is 7.77. The number of hydrogen-bond donors (Lipinski definition) is 2. The van der Waals surface area contributed by atoms with Gasteiger partial charge in [0.2, 0.25) is 0 Å². The molecule has 5 aromatic carbocycles. The molecule has 0 saturated carbocycles. The lowest BCUT2D eigenvalue weighted by atomic mass is 9.92. The van der Waals surface area contributed by atoms with E-state index in [0.717, 1.165) is 25.9 Å². The van der Waals surface area contributed by atoms with Crippen molar-refractivity contribution in [1.29, 1.82) is 10.7 Å². The smallest absolute Gasteiger partial charge is 0.181 e. The molecule has 3 nitrogen and oxygen atoms in total. The standard InChI is InChI=1S/C28H17N3S/c29-16-31-27-23-11-5-6-12-25(23)32-28(27)26(30)17-13-14-22-20-9-2-1-7-18(20)19-8-3-4-10-21(19)24(22)15-17/h1-15,30-31H. The summed E-state index contributed by atoms with van der Waals surface area (Å²) in [6.45, 7) is 0. The molecule has 6 aromatic rings. The Kier molecular flexibility index (Phi) is 4.17. The molecule has 150 valence electrons. The topological polar surface area (TPSA) is 59.7 Å². The van der Waals surface area contributed by atoms with Gasteiger partial charge in [-0.05, 0) is 44.5 Å². The molecule has 6 rings (SSSR count). The number of thiophene rings is 1. The zero-order valence-electron chi connectivity index (χ0n) is 17.0. The van der Waals surface area contributed by atoms with E-state index in [9.17, 15) is 5.26 Å². The van der Waals surface area contributed by atoms with Crippen molar-refractivity contribution in [2.75, 3.05) is 5.32 Å². The molecule has 0 aliphatic heterocycles. The Hall–Kier alpha value is -4.20. The highest BCUT2D eigenvalue weighted by molar-refractivity contribution is 7.21. The number of nitrogens with one attached hydrogen (secondary N) is 2. The van der Waals surface area contributed by atoms with E-state index >= 15 is 0 Å². The van der Waals surface area contributed by atoms with E-state index in [-0.39, 0.29) is 0 Å². The van der Waals surface area contributed by atoms with Crippen LogP contribution >= 0.6 is 11.3 Å². The van der Waals surface area contributed by atoms with Crippen molar-refractivity contribution in [3.05, 3.63) is 101 Å². The summed E-state index contributed by atoms with van der Waals surface area (Å²) in [5.74, 6) is 0. The fraction of sp³-hybridized carbons (Fsp3) is 0. The minimum atomic E-state index is 0.420. The van der Waals surface area contributed by atoms with E-state index in [1.54, 1.807) is 11.3 Å². The molecule has 1 heterocycles. The SMILES string of the molecule is N#CNc1c(C(=N)c2ccc3c4ccccc4c4ccccc4c3c2)sc2ccccc12. The summed E-state index contributed by atoms with van der Waals surface area (Å²) < 4.78 is 1.06.